The van der Waals surface area contributed by atoms with E-state index in [2.05, 4.69) is 12.2 Å². The summed E-state index contributed by atoms with van der Waals surface area (Å²) in [6, 6.07) is 0.0458. The molecule has 104 valence electrons. The van der Waals surface area contributed by atoms with E-state index in [0.29, 0.717) is 5.92 Å². The van der Waals surface area contributed by atoms with E-state index in [0.717, 1.165) is 0 Å². The number of hydrogen-bond donors (Lipinski definition) is 2. The number of nitrogens with zero attached hydrogens (tertiary/aromatic N) is 1. The Bertz CT molecular complexity index is 288. The SMILES string of the molecule is CC(C1CCCCC1)N(C)C(=O)NCCC(=O)O. The molecule has 1 aliphatic rings. The van der Waals surface area contributed by atoms with Crippen LogP contribution in [0.15, 0.2) is 0 Å². The number of carbonyl (C=O) groups is 2. The van der Waals surface area contributed by atoms with Crippen LogP contribution in [0.1, 0.15) is 45.4 Å². The standard InChI is InChI=1S/C13H24N2O3/c1-10(11-6-4-3-5-7-11)15(2)13(18)14-9-8-12(16)17/h10-11H,3-9H2,1-2H3,(H,14,18)(H,16,17). The van der Waals surface area contributed by atoms with Gasteiger partial charge in [0.1, 0.15) is 0 Å². The van der Waals surface area contributed by atoms with E-state index < -0.39 is 5.97 Å². The Hall–Kier alpha value is -1.26. The first-order valence-electron chi connectivity index (χ1n) is 6.75. The van der Waals surface area contributed by atoms with Crippen molar-refractivity contribution in [3.8, 4) is 0 Å². The molecule has 0 spiro atoms. The van der Waals surface area contributed by atoms with Crippen molar-refractivity contribution < 1.29 is 14.7 Å². The van der Waals surface area contributed by atoms with E-state index >= 15 is 0 Å². The van der Waals surface area contributed by atoms with Crippen molar-refractivity contribution in [1.82, 2.24) is 10.2 Å². The minimum Gasteiger partial charge on any atom is -0.481 e. The molecule has 1 rings (SSSR count). The molecule has 18 heavy (non-hydrogen) atoms. The molecule has 1 saturated carbocycles. The van der Waals surface area contributed by atoms with Crippen LogP contribution in [0.2, 0.25) is 0 Å². The fourth-order valence-electron chi connectivity index (χ4n) is 2.52. The lowest BCUT2D eigenvalue weighted by Crippen LogP contribution is -2.46. The second kappa shape index (κ2) is 7.24. The van der Waals surface area contributed by atoms with E-state index in [1.54, 1.807) is 11.9 Å². The molecular weight excluding hydrogens is 232 g/mol. The lowest BCUT2D eigenvalue weighted by atomic mass is 9.84. The maximum Gasteiger partial charge on any atom is 0.317 e. The molecule has 5 nitrogen and oxygen atoms in total. The minimum absolute atomic E-state index is 0.0304. The largest absolute Gasteiger partial charge is 0.481 e. The minimum atomic E-state index is -0.890. The first kappa shape index (κ1) is 14.8. The number of aliphatic carboxylic acids is 1. The fraction of sp³-hybridized carbons (Fsp3) is 0.846. The fourth-order valence-corrected chi connectivity index (χ4v) is 2.52. The van der Waals surface area contributed by atoms with Gasteiger partial charge in [0.05, 0.1) is 6.42 Å². The summed E-state index contributed by atoms with van der Waals surface area (Å²) in [5, 5.41) is 11.2. The first-order valence-corrected chi connectivity index (χ1v) is 6.75. The molecule has 0 aliphatic heterocycles. The molecule has 0 heterocycles. The average molecular weight is 256 g/mol. The van der Waals surface area contributed by atoms with Crippen LogP contribution in [0.25, 0.3) is 0 Å². The number of carboxylic acid groups (broad SMARTS) is 1. The van der Waals surface area contributed by atoms with Crippen LogP contribution in [0.4, 0.5) is 4.79 Å². The summed E-state index contributed by atoms with van der Waals surface area (Å²) in [6.07, 6.45) is 6.16. The van der Waals surface area contributed by atoms with E-state index in [4.69, 9.17) is 5.11 Å². The number of rotatable bonds is 5. The van der Waals surface area contributed by atoms with Gasteiger partial charge in [0.25, 0.3) is 0 Å². The Labute approximate surface area is 109 Å². The van der Waals surface area contributed by atoms with Gasteiger partial charge in [-0.15, -0.1) is 0 Å². The number of amides is 2. The van der Waals surface area contributed by atoms with E-state index in [9.17, 15) is 9.59 Å². The second-order valence-electron chi connectivity index (χ2n) is 5.13. The Morgan fingerprint density at radius 1 is 1.33 bits per heavy atom. The summed E-state index contributed by atoms with van der Waals surface area (Å²) < 4.78 is 0. The summed E-state index contributed by atoms with van der Waals surface area (Å²) >= 11 is 0. The van der Waals surface area contributed by atoms with E-state index in [1.807, 2.05) is 0 Å². The van der Waals surface area contributed by atoms with E-state index in [1.165, 1.54) is 32.1 Å². The Morgan fingerprint density at radius 2 is 1.94 bits per heavy atom. The van der Waals surface area contributed by atoms with Gasteiger partial charge in [0, 0.05) is 19.6 Å². The normalized spacial score (nSPS) is 18.1. The van der Waals surface area contributed by atoms with Gasteiger partial charge in [0.15, 0.2) is 0 Å². The van der Waals surface area contributed by atoms with Crippen LogP contribution in [-0.2, 0) is 4.79 Å². The Morgan fingerprint density at radius 3 is 2.50 bits per heavy atom. The van der Waals surface area contributed by atoms with Crippen molar-refractivity contribution in [1.29, 1.82) is 0 Å². The van der Waals surface area contributed by atoms with Gasteiger partial charge in [-0.2, -0.15) is 0 Å². The smallest absolute Gasteiger partial charge is 0.317 e. The molecule has 0 aromatic rings. The van der Waals surface area contributed by atoms with Crippen molar-refractivity contribution in [2.24, 2.45) is 5.92 Å². The molecule has 0 saturated heterocycles. The molecule has 5 heteroatoms. The van der Waals surface area contributed by atoms with Crippen molar-refractivity contribution in [2.75, 3.05) is 13.6 Å². The highest BCUT2D eigenvalue weighted by Gasteiger charge is 2.25. The molecule has 0 aromatic heterocycles. The predicted octanol–water partition coefficient (Wildman–Crippen LogP) is 2.07. The lowest BCUT2D eigenvalue weighted by molar-refractivity contribution is -0.136. The van der Waals surface area contributed by atoms with Crippen LogP contribution < -0.4 is 5.32 Å². The molecule has 0 radical (unpaired) electrons. The monoisotopic (exact) mass is 256 g/mol. The summed E-state index contributed by atoms with van der Waals surface area (Å²) in [6.45, 7) is 2.27. The molecule has 1 fully saturated rings. The number of urea groups is 1. The van der Waals surface area contributed by atoms with Gasteiger partial charge in [-0.25, -0.2) is 4.79 Å². The van der Waals surface area contributed by atoms with Gasteiger partial charge in [-0.3, -0.25) is 4.79 Å². The summed E-state index contributed by atoms with van der Waals surface area (Å²) in [5.41, 5.74) is 0. The third-order valence-corrected chi connectivity index (χ3v) is 3.88. The number of carbonyl (C=O) groups excluding carboxylic acids is 1. The molecular formula is C13H24N2O3. The van der Waals surface area contributed by atoms with Gasteiger partial charge in [0.2, 0.25) is 0 Å². The van der Waals surface area contributed by atoms with Gasteiger partial charge in [-0.1, -0.05) is 19.3 Å². The van der Waals surface area contributed by atoms with Crippen LogP contribution in [0.3, 0.4) is 0 Å². The van der Waals surface area contributed by atoms with Crippen LogP contribution >= 0.6 is 0 Å². The third-order valence-electron chi connectivity index (χ3n) is 3.88. The second-order valence-corrected chi connectivity index (χ2v) is 5.13. The topological polar surface area (TPSA) is 69.6 Å². The Balaban J connectivity index is 2.34. The zero-order valence-corrected chi connectivity index (χ0v) is 11.3. The zero-order chi connectivity index (χ0) is 13.5. The van der Waals surface area contributed by atoms with E-state index in [-0.39, 0.29) is 25.0 Å². The average Bonchev–Trinajstić information content (AvgIpc) is 2.37. The van der Waals surface area contributed by atoms with Crippen LogP contribution in [0, 0.1) is 5.92 Å². The van der Waals surface area contributed by atoms with Crippen molar-refractivity contribution >= 4 is 12.0 Å². The van der Waals surface area contributed by atoms with Crippen molar-refractivity contribution in [3.63, 3.8) is 0 Å². The highest BCUT2D eigenvalue weighted by Crippen LogP contribution is 2.28. The first-order chi connectivity index (χ1) is 8.52. The van der Waals surface area contributed by atoms with Crippen molar-refractivity contribution in [2.45, 2.75) is 51.5 Å². The maximum atomic E-state index is 11.8. The van der Waals surface area contributed by atoms with Crippen LogP contribution in [-0.4, -0.2) is 41.6 Å². The molecule has 2 amide bonds. The summed E-state index contributed by atoms with van der Waals surface area (Å²) in [4.78, 5) is 23.9. The zero-order valence-electron chi connectivity index (χ0n) is 11.3. The molecule has 1 unspecified atom stereocenters. The maximum absolute atomic E-state index is 11.8. The van der Waals surface area contributed by atoms with Crippen LogP contribution in [0.5, 0.6) is 0 Å². The summed E-state index contributed by atoms with van der Waals surface area (Å²) in [7, 11) is 1.79. The molecule has 0 aromatic carbocycles. The van der Waals surface area contributed by atoms with Gasteiger partial charge < -0.3 is 15.3 Å². The highest BCUT2D eigenvalue weighted by atomic mass is 16.4. The number of carboxylic acids is 1. The highest BCUT2D eigenvalue weighted by molar-refractivity contribution is 5.75. The third kappa shape index (κ3) is 4.55. The quantitative estimate of drug-likeness (QED) is 0.791. The number of hydrogen-bond acceptors (Lipinski definition) is 2. The predicted molar refractivity (Wildman–Crippen MR) is 69.5 cm³/mol. The Kier molecular flexibility index (Phi) is 5.95. The molecule has 2 N–H and O–H groups in total. The van der Waals surface area contributed by atoms with Crippen molar-refractivity contribution in [3.05, 3.63) is 0 Å². The van der Waals surface area contributed by atoms with Gasteiger partial charge in [-0.05, 0) is 25.7 Å². The molecule has 0 bridgehead atoms. The molecule has 1 atom stereocenters. The summed E-state index contributed by atoms with van der Waals surface area (Å²) in [5.74, 6) is -0.313. The lowest BCUT2D eigenvalue weighted by Gasteiger charge is -2.34. The molecule has 1 aliphatic carbocycles. The number of nitrogens with one attached hydrogen (secondary N) is 1. The van der Waals surface area contributed by atoms with Gasteiger partial charge >= 0.3 is 12.0 Å².